The summed E-state index contributed by atoms with van der Waals surface area (Å²) in [6.07, 6.45) is 0.779. The average Bonchev–Trinajstić information content (AvgIpc) is 2.91. The molecule has 0 aliphatic carbocycles. The van der Waals surface area contributed by atoms with Gasteiger partial charge in [0.25, 0.3) is 11.8 Å². The van der Waals surface area contributed by atoms with E-state index in [1.165, 1.54) is 11.3 Å². The summed E-state index contributed by atoms with van der Waals surface area (Å²) in [6.45, 7) is 9.92. The largest absolute Gasteiger partial charge is 0.365 e. The van der Waals surface area contributed by atoms with Crippen molar-refractivity contribution in [1.29, 1.82) is 0 Å². The predicted octanol–water partition coefficient (Wildman–Crippen LogP) is 3.48. The van der Waals surface area contributed by atoms with Gasteiger partial charge in [-0.1, -0.05) is 17.7 Å². The number of nitrogens with one attached hydrogen (secondary N) is 1. The fraction of sp³-hybridized carbons (Fsp3) is 0.400. The standard InChI is InChI=1S/C20H25N3O2S/c1-11(2)23-8-7-15-16(10-23)26-20(17(15)18(21)24)22-19(25)14-6-5-12(3)9-13(14)4/h5-6,9,11H,7-8,10H2,1-4H3,(H2,21,24)(H,22,25). The summed E-state index contributed by atoms with van der Waals surface area (Å²) in [5, 5.41) is 3.50. The van der Waals surface area contributed by atoms with Gasteiger partial charge in [0.15, 0.2) is 0 Å². The van der Waals surface area contributed by atoms with Crippen molar-refractivity contribution in [3.63, 3.8) is 0 Å². The Labute approximate surface area is 158 Å². The quantitative estimate of drug-likeness (QED) is 0.864. The second-order valence-corrected chi connectivity index (χ2v) is 8.26. The van der Waals surface area contributed by atoms with Crippen LogP contribution in [-0.4, -0.2) is 29.3 Å². The highest BCUT2D eigenvalue weighted by Crippen LogP contribution is 2.37. The van der Waals surface area contributed by atoms with E-state index in [0.717, 1.165) is 41.1 Å². The lowest BCUT2D eigenvalue weighted by Crippen LogP contribution is -2.35. The Kier molecular flexibility index (Phi) is 5.16. The molecule has 0 saturated carbocycles. The number of carbonyl (C=O) groups excluding carboxylic acids is 2. The maximum atomic E-state index is 12.7. The summed E-state index contributed by atoms with van der Waals surface area (Å²) in [5.41, 5.74) is 9.75. The Bertz CT molecular complexity index is 870. The molecule has 0 unspecified atom stereocenters. The highest BCUT2D eigenvalue weighted by Gasteiger charge is 2.28. The molecule has 3 N–H and O–H groups in total. The number of nitrogens with zero attached hydrogens (tertiary/aromatic N) is 1. The second-order valence-electron chi connectivity index (χ2n) is 7.16. The number of nitrogens with two attached hydrogens (primary N) is 1. The maximum Gasteiger partial charge on any atom is 0.256 e. The molecule has 1 aliphatic heterocycles. The van der Waals surface area contributed by atoms with Crippen molar-refractivity contribution in [3.8, 4) is 0 Å². The Morgan fingerprint density at radius 3 is 2.62 bits per heavy atom. The van der Waals surface area contributed by atoms with Crippen LogP contribution in [0.1, 0.15) is 56.1 Å². The Morgan fingerprint density at radius 2 is 2.00 bits per heavy atom. The van der Waals surface area contributed by atoms with Crippen LogP contribution in [0, 0.1) is 13.8 Å². The molecule has 1 aromatic heterocycles. The SMILES string of the molecule is Cc1ccc(C(=O)Nc2sc3c(c2C(N)=O)CCN(C(C)C)C3)c(C)c1. The van der Waals surface area contributed by atoms with Gasteiger partial charge in [0.2, 0.25) is 0 Å². The minimum absolute atomic E-state index is 0.204. The van der Waals surface area contributed by atoms with Crippen LogP contribution in [0.4, 0.5) is 5.00 Å². The van der Waals surface area contributed by atoms with Crippen molar-refractivity contribution < 1.29 is 9.59 Å². The molecule has 0 radical (unpaired) electrons. The highest BCUT2D eigenvalue weighted by molar-refractivity contribution is 7.17. The number of hydrogen-bond donors (Lipinski definition) is 2. The van der Waals surface area contributed by atoms with Gasteiger partial charge < -0.3 is 11.1 Å². The van der Waals surface area contributed by atoms with Crippen molar-refractivity contribution in [2.24, 2.45) is 5.73 Å². The average molecular weight is 372 g/mol. The smallest absolute Gasteiger partial charge is 0.256 e. The number of primary amides is 1. The number of fused-ring (bicyclic) bond motifs is 1. The van der Waals surface area contributed by atoms with Gasteiger partial charge in [0.05, 0.1) is 5.56 Å². The molecule has 2 aromatic rings. The van der Waals surface area contributed by atoms with Crippen molar-refractivity contribution >= 4 is 28.2 Å². The monoisotopic (exact) mass is 371 g/mol. The summed E-state index contributed by atoms with van der Waals surface area (Å²) < 4.78 is 0. The lowest BCUT2D eigenvalue weighted by atomic mass is 10.0. The zero-order valence-corrected chi connectivity index (χ0v) is 16.5. The lowest BCUT2D eigenvalue weighted by molar-refractivity contribution is 0.0999. The van der Waals surface area contributed by atoms with E-state index < -0.39 is 5.91 Å². The number of hydrogen-bond acceptors (Lipinski definition) is 4. The first kappa shape index (κ1) is 18.6. The zero-order valence-electron chi connectivity index (χ0n) is 15.7. The number of rotatable bonds is 4. The second kappa shape index (κ2) is 7.21. The third-order valence-electron chi connectivity index (χ3n) is 4.92. The van der Waals surface area contributed by atoms with Crippen molar-refractivity contribution in [1.82, 2.24) is 4.90 Å². The maximum absolute atomic E-state index is 12.7. The minimum atomic E-state index is -0.476. The van der Waals surface area contributed by atoms with Crippen molar-refractivity contribution in [3.05, 3.63) is 50.9 Å². The molecule has 0 bridgehead atoms. The van der Waals surface area contributed by atoms with Crippen LogP contribution in [0.5, 0.6) is 0 Å². The van der Waals surface area contributed by atoms with Gasteiger partial charge >= 0.3 is 0 Å². The molecule has 3 rings (SSSR count). The fourth-order valence-corrected chi connectivity index (χ4v) is 4.73. The highest BCUT2D eigenvalue weighted by atomic mass is 32.1. The van der Waals surface area contributed by atoms with E-state index in [4.69, 9.17) is 5.73 Å². The van der Waals surface area contributed by atoms with Gasteiger partial charge in [-0.05, 0) is 51.3 Å². The molecular weight excluding hydrogens is 346 g/mol. The number of anilines is 1. The minimum Gasteiger partial charge on any atom is -0.365 e. The Balaban J connectivity index is 1.93. The molecule has 0 spiro atoms. The molecule has 6 heteroatoms. The number of amides is 2. The number of thiophene rings is 1. The molecule has 26 heavy (non-hydrogen) atoms. The molecule has 5 nitrogen and oxygen atoms in total. The van der Waals surface area contributed by atoms with Gasteiger partial charge in [-0.2, -0.15) is 0 Å². The molecule has 0 atom stereocenters. The molecule has 2 amide bonds. The van der Waals surface area contributed by atoms with E-state index in [0.29, 0.717) is 22.2 Å². The lowest BCUT2D eigenvalue weighted by Gasteiger charge is -2.30. The van der Waals surface area contributed by atoms with Crippen molar-refractivity contribution in [2.45, 2.75) is 46.7 Å². The summed E-state index contributed by atoms with van der Waals surface area (Å²) in [6, 6.07) is 6.15. The Morgan fingerprint density at radius 1 is 1.27 bits per heavy atom. The third-order valence-corrected chi connectivity index (χ3v) is 6.05. The van der Waals surface area contributed by atoms with Crippen LogP contribution in [0.25, 0.3) is 0 Å². The molecule has 1 aromatic carbocycles. The molecule has 2 heterocycles. The summed E-state index contributed by atoms with van der Waals surface area (Å²) >= 11 is 1.47. The summed E-state index contributed by atoms with van der Waals surface area (Å²) in [7, 11) is 0. The van der Waals surface area contributed by atoms with E-state index in [-0.39, 0.29) is 5.91 Å². The first-order valence-electron chi connectivity index (χ1n) is 8.85. The summed E-state index contributed by atoms with van der Waals surface area (Å²) in [5.74, 6) is -0.680. The number of aryl methyl sites for hydroxylation is 2. The van der Waals surface area contributed by atoms with Gasteiger partial charge in [0, 0.05) is 29.6 Å². The Hall–Kier alpha value is -2.18. The van der Waals surface area contributed by atoms with E-state index in [1.54, 1.807) is 0 Å². The van der Waals surface area contributed by atoms with E-state index in [1.807, 2.05) is 32.0 Å². The molecular formula is C20H25N3O2S. The topological polar surface area (TPSA) is 75.4 Å². The number of benzene rings is 1. The molecule has 0 fully saturated rings. The van der Waals surface area contributed by atoms with Crippen LogP contribution in [0.15, 0.2) is 18.2 Å². The van der Waals surface area contributed by atoms with Crippen LogP contribution < -0.4 is 11.1 Å². The van der Waals surface area contributed by atoms with Crippen LogP contribution in [-0.2, 0) is 13.0 Å². The van der Waals surface area contributed by atoms with E-state index in [2.05, 4.69) is 24.1 Å². The first-order chi connectivity index (χ1) is 12.3. The summed E-state index contributed by atoms with van der Waals surface area (Å²) in [4.78, 5) is 28.3. The van der Waals surface area contributed by atoms with Gasteiger partial charge in [-0.15, -0.1) is 11.3 Å². The van der Waals surface area contributed by atoms with Gasteiger partial charge in [0.1, 0.15) is 5.00 Å². The van der Waals surface area contributed by atoms with E-state index >= 15 is 0 Å². The molecule has 0 saturated heterocycles. The first-order valence-corrected chi connectivity index (χ1v) is 9.66. The van der Waals surface area contributed by atoms with Crippen LogP contribution in [0.2, 0.25) is 0 Å². The van der Waals surface area contributed by atoms with Crippen LogP contribution >= 0.6 is 11.3 Å². The van der Waals surface area contributed by atoms with E-state index in [9.17, 15) is 9.59 Å². The molecule has 138 valence electrons. The van der Waals surface area contributed by atoms with Crippen molar-refractivity contribution in [2.75, 3.05) is 11.9 Å². The van der Waals surface area contributed by atoms with Crippen LogP contribution in [0.3, 0.4) is 0 Å². The normalized spacial score (nSPS) is 14.3. The fourth-order valence-electron chi connectivity index (χ4n) is 3.45. The van der Waals surface area contributed by atoms with Gasteiger partial charge in [-0.3, -0.25) is 14.5 Å². The number of carbonyl (C=O) groups is 2. The third kappa shape index (κ3) is 3.52. The zero-order chi connectivity index (χ0) is 19.0. The molecule has 1 aliphatic rings. The van der Waals surface area contributed by atoms with Gasteiger partial charge in [-0.25, -0.2) is 0 Å². The predicted molar refractivity (Wildman–Crippen MR) is 106 cm³/mol.